The second-order valence-corrected chi connectivity index (χ2v) is 9.34. The standard InChI is InChI=1S/C26H31Cl2N7O3/c1-4-34-9-11-35(12-10-34)19-7-5-17(6-8-19)32-22-13-18(30-16-31-22)15-29-26(36)33-25-23(27)20(37-2)14-21(38-3)24(25)28/h5-8,13-14,16H,4,9-12,15H2,1-3H3,(H2,29,33,36)(H,30,31,32). The number of urea groups is 1. The zero-order valence-electron chi connectivity index (χ0n) is 21.6. The molecular weight excluding hydrogens is 529 g/mol. The van der Waals surface area contributed by atoms with Crippen molar-refractivity contribution in [2.45, 2.75) is 13.5 Å². The first-order chi connectivity index (χ1) is 18.4. The van der Waals surface area contributed by atoms with E-state index in [-0.39, 0.29) is 22.3 Å². The third-order valence-corrected chi connectivity index (χ3v) is 7.04. The molecule has 1 aromatic heterocycles. The SMILES string of the molecule is CCN1CCN(c2ccc(Nc3cc(CNC(=O)Nc4c(Cl)c(OC)cc(OC)c4Cl)ncn3)cc2)CC1. The van der Waals surface area contributed by atoms with Crippen LogP contribution in [-0.2, 0) is 6.54 Å². The highest BCUT2D eigenvalue weighted by Crippen LogP contribution is 2.44. The van der Waals surface area contributed by atoms with Gasteiger partial charge in [-0.05, 0) is 30.8 Å². The molecule has 1 aliphatic rings. The molecule has 0 spiro atoms. The highest BCUT2D eigenvalue weighted by molar-refractivity contribution is 6.41. The Morgan fingerprint density at radius 3 is 2.24 bits per heavy atom. The first kappa shape index (κ1) is 27.6. The lowest BCUT2D eigenvalue weighted by molar-refractivity contribution is 0.251. The van der Waals surface area contributed by atoms with Gasteiger partial charge in [0.2, 0.25) is 0 Å². The first-order valence-corrected chi connectivity index (χ1v) is 13.0. The normalized spacial score (nSPS) is 13.7. The van der Waals surface area contributed by atoms with E-state index >= 15 is 0 Å². The van der Waals surface area contributed by atoms with E-state index in [0.29, 0.717) is 23.0 Å². The number of carbonyl (C=O) groups excluding carboxylic acids is 1. The maximum absolute atomic E-state index is 12.6. The molecule has 1 fully saturated rings. The molecule has 202 valence electrons. The molecular formula is C26H31Cl2N7O3. The number of likely N-dealkylation sites (N-methyl/N-ethyl adjacent to an activating group) is 1. The molecule has 3 N–H and O–H groups in total. The minimum atomic E-state index is -0.521. The summed E-state index contributed by atoms with van der Waals surface area (Å²) in [5.74, 6) is 1.26. The van der Waals surface area contributed by atoms with Crippen molar-refractivity contribution in [2.75, 3.05) is 62.5 Å². The number of anilines is 4. The molecule has 38 heavy (non-hydrogen) atoms. The van der Waals surface area contributed by atoms with Gasteiger partial charge in [0.15, 0.2) is 0 Å². The van der Waals surface area contributed by atoms with E-state index in [1.54, 1.807) is 12.1 Å². The zero-order valence-corrected chi connectivity index (χ0v) is 23.1. The molecule has 1 saturated heterocycles. The molecule has 2 heterocycles. The van der Waals surface area contributed by atoms with Crippen LogP contribution >= 0.6 is 23.2 Å². The van der Waals surface area contributed by atoms with Gasteiger partial charge < -0.3 is 35.2 Å². The van der Waals surface area contributed by atoms with Gasteiger partial charge in [-0.25, -0.2) is 14.8 Å². The van der Waals surface area contributed by atoms with E-state index in [1.165, 1.54) is 26.2 Å². The van der Waals surface area contributed by atoms with Gasteiger partial charge in [0, 0.05) is 49.7 Å². The number of rotatable bonds is 9. The summed E-state index contributed by atoms with van der Waals surface area (Å²) in [5.41, 5.74) is 2.91. The Bertz CT molecular complexity index is 1220. The average molecular weight is 560 g/mol. The van der Waals surface area contributed by atoms with Gasteiger partial charge in [0.05, 0.1) is 32.1 Å². The Labute approximate surface area is 232 Å². The summed E-state index contributed by atoms with van der Waals surface area (Å²) in [6, 6.07) is 11.1. The number of piperazine rings is 1. The van der Waals surface area contributed by atoms with Crippen LogP contribution in [0, 0.1) is 0 Å². The lowest BCUT2D eigenvalue weighted by atomic mass is 10.2. The Morgan fingerprint density at radius 1 is 0.974 bits per heavy atom. The fraction of sp³-hybridized carbons (Fsp3) is 0.346. The number of nitrogens with zero attached hydrogens (tertiary/aromatic N) is 4. The van der Waals surface area contributed by atoms with Crippen molar-refractivity contribution in [3.8, 4) is 11.5 Å². The van der Waals surface area contributed by atoms with E-state index in [4.69, 9.17) is 32.7 Å². The minimum Gasteiger partial charge on any atom is -0.495 e. The van der Waals surface area contributed by atoms with Crippen molar-refractivity contribution in [3.05, 3.63) is 58.5 Å². The van der Waals surface area contributed by atoms with Gasteiger partial charge >= 0.3 is 6.03 Å². The van der Waals surface area contributed by atoms with Crippen molar-refractivity contribution >= 4 is 52.1 Å². The van der Waals surface area contributed by atoms with Crippen molar-refractivity contribution < 1.29 is 14.3 Å². The Morgan fingerprint density at radius 2 is 1.63 bits per heavy atom. The number of ether oxygens (including phenoxy) is 2. The molecule has 4 rings (SSSR count). The van der Waals surface area contributed by atoms with Crippen LogP contribution in [0.5, 0.6) is 11.5 Å². The zero-order chi connectivity index (χ0) is 27.1. The second kappa shape index (κ2) is 12.9. The van der Waals surface area contributed by atoms with Gasteiger partial charge in [-0.2, -0.15) is 0 Å². The Kier molecular flexibility index (Phi) is 9.33. The molecule has 1 aliphatic heterocycles. The molecule has 0 atom stereocenters. The number of hydrogen-bond donors (Lipinski definition) is 3. The smallest absolute Gasteiger partial charge is 0.319 e. The minimum absolute atomic E-state index is 0.155. The topological polar surface area (TPSA) is 104 Å². The van der Waals surface area contributed by atoms with Gasteiger partial charge in [0.1, 0.15) is 33.7 Å². The van der Waals surface area contributed by atoms with Crippen LogP contribution in [0.25, 0.3) is 0 Å². The van der Waals surface area contributed by atoms with Crippen LogP contribution in [0.3, 0.4) is 0 Å². The lowest BCUT2D eigenvalue weighted by Crippen LogP contribution is -2.46. The lowest BCUT2D eigenvalue weighted by Gasteiger charge is -2.35. The summed E-state index contributed by atoms with van der Waals surface area (Å²) in [7, 11) is 2.92. The number of hydrogen-bond acceptors (Lipinski definition) is 8. The largest absolute Gasteiger partial charge is 0.495 e. The molecule has 10 nitrogen and oxygen atoms in total. The molecule has 0 unspecified atom stereocenters. The molecule has 0 saturated carbocycles. The molecule has 2 amide bonds. The summed E-state index contributed by atoms with van der Waals surface area (Å²) in [4.78, 5) is 26.0. The third kappa shape index (κ3) is 6.69. The van der Waals surface area contributed by atoms with Crippen LogP contribution in [0.2, 0.25) is 10.0 Å². The highest BCUT2D eigenvalue weighted by atomic mass is 35.5. The van der Waals surface area contributed by atoms with Crippen LogP contribution in [0.1, 0.15) is 12.6 Å². The van der Waals surface area contributed by atoms with Gasteiger partial charge in [0.25, 0.3) is 0 Å². The van der Waals surface area contributed by atoms with Crippen molar-refractivity contribution in [1.82, 2.24) is 20.2 Å². The van der Waals surface area contributed by atoms with Crippen molar-refractivity contribution in [2.24, 2.45) is 0 Å². The van der Waals surface area contributed by atoms with E-state index in [0.717, 1.165) is 38.4 Å². The fourth-order valence-electron chi connectivity index (χ4n) is 4.11. The fourth-order valence-corrected chi connectivity index (χ4v) is 4.71. The summed E-state index contributed by atoms with van der Waals surface area (Å²) in [5, 5.41) is 9.01. The summed E-state index contributed by atoms with van der Waals surface area (Å²) in [6.45, 7) is 7.67. The van der Waals surface area contributed by atoms with Crippen LogP contribution in [0.4, 0.5) is 27.7 Å². The predicted octanol–water partition coefficient (Wildman–Crippen LogP) is 5.01. The number of nitrogens with one attached hydrogen (secondary N) is 3. The number of halogens is 2. The quantitative estimate of drug-likeness (QED) is 0.336. The van der Waals surface area contributed by atoms with E-state index in [9.17, 15) is 4.79 Å². The van der Waals surface area contributed by atoms with Crippen molar-refractivity contribution in [1.29, 1.82) is 0 Å². The molecule has 0 bridgehead atoms. The van der Waals surface area contributed by atoms with E-state index in [2.05, 4.69) is 54.8 Å². The first-order valence-electron chi connectivity index (χ1n) is 12.2. The molecule has 2 aromatic carbocycles. The molecule has 12 heteroatoms. The highest BCUT2D eigenvalue weighted by Gasteiger charge is 2.19. The summed E-state index contributed by atoms with van der Waals surface area (Å²) >= 11 is 12.7. The average Bonchev–Trinajstić information content (AvgIpc) is 2.95. The number of carbonyl (C=O) groups is 1. The third-order valence-electron chi connectivity index (χ3n) is 6.29. The maximum atomic E-state index is 12.6. The summed E-state index contributed by atoms with van der Waals surface area (Å²) in [6.07, 6.45) is 1.44. The second-order valence-electron chi connectivity index (χ2n) is 8.58. The van der Waals surface area contributed by atoms with Crippen LogP contribution in [0.15, 0.2) is 42.7 Å². The van der Waals surface area contributed by atoms with Gasteiger partial charge in [-0.1, -0.05) is 30.1 Å². The number of benzene rings is 2. The van der Waals surface area contributed by atoms with Gasteiger partial charge in [-0.3, -0.25) is 0 Å². The number of aromatic nitrogens is 2. The van der Waals surface area contributed by atoms with Gasteiger partial charge in [-0.15, -0.1) is 0 Å². The maximum Gasteiger partial charge on any atom is 0.319 e. The van der Waals surface area contributed by atoms with Crippen molar-refractivity contribution in [3.63, 3.8) is 0 Å². The van der Waals surface area contributed by atoms with E-state index in [1.807, 2.05) is 12.1 Å². The van der Waals surface area contributed by atoms with Crippen LogP contribution < -0.4 is 30.3 Å². The Balaban J connectivity index is 1.34. The van der Waals surface area contributed by atoms with Crippen LogP contribution in [-0.4, -0.2) is 67.8 Å². The molecule has 0 radical (unpaired) electrons. The molecule has 0 aliphatic carbocycles. The monoisotopic (exact) mass is 559 g/mol. The molecule has 3 aromatic rings. The number of amides is 2. The predicted molar refractivity (Wildman–Crippen MR) is 152 cm³/mol. The number of methoxy groups -OCH3 is 2. The van der Waals surface area contributed by atoms with E-state index < -0.39 is 6.03 Å². The summed E-state index contributed by atoms with van der Waals surface area (Å²) < 4.78 is 10.5. The Hall–Kier alpha value is -3.47.